The molecule has 0 aromatic rings. The Hall–Kier alpha value is -0.0800. The maximum Gasteiger partial charge on any atom is 0.00934 e. The lowest BCUT2D eigenvalue weighted by Crippen LogP contribution is -2.42. The number of nitrogens with zero attached hydrogens (tertiary/aromatic N) is 1. The van der Waals surface area contributed by atoms with Crippen molar-refractivity contribution in [2.75, 3.05) is 20.1 Å². The summed E-state index contributed by atoms with van der Waals surface area (Å²) in [7, 11) is 2.32. The van der Waals surface area contributed by atoms with E-state index in [1.165, 1.54) is 51.6 Å². The van der Waals surface area contributed by atoms with E-state index < -0.39 is 0 Å². The van der Waals surface area contributed by atoms with Gasteiger partial charge in [-0.3, -0.25) is 0 Å². The summed E-state index contributed by atoms with van der Waals surface area (Å²) in [5, 5.41) is 3.66. The monoisotopic (exact) mass is 240 g/mol. The molecule has 0 radical (unpaired) electrons. The Morgan fingerprint density at radius 2 is 1.82 bits per heavy atom. The highest BCUT2D eigenvalue weighted by molar-refractivity contribution is 4.82. The maximum absolute atomic E-state index is 3.66. The minimum atomic E-state index is 0.795. The maximum atomic E-state index is 3.66. The molecular formula is C15H32N2. The van der Waals surface area contributed by atoms with E-state index in [2.05, 4.69) is 38.0 Å². The molecule has 0 aromatic carbocycles. The van der Waals surface area contributed by atoms with Crippen LogP contribution in [0.25, 0.3) is 0 Å². The molecule has 1 aliphatic rings. The molecule has 0 bridgehead atoms. The van der Waals surface area contributed by atoms with Crippen LogP contribution in [0.2, 0.25) is 0 Å². The second kappa shape index (κ2) is 8.10. The van der Waals surface area contributed by atoms with Gasteiger partial charge >= 0.3 is 0 Å². The van der Waals surface area contributed by atoms with Crippen molar-refractivity contribution in [2.24, 2.45) is 5.92 Å². The van der Waals surface area contributed by atoms with Crippen LogP contribution in [-0.4, -0.2) is 37.1 Å². The summed E-state index contributed by atoms with van der Waals surface area (Å²) < 4.78 is 0. The van der Waals surface area contributed by atoms with Crippen LogP contribution in [0.1, 0.15) is 59.3 Å². The first-order valence-corrected chi connectivity index (χ1v) is 7.60. The summed E-state index contributed by atoms with van der Waals surface area (Å²) in [6.07, 6.45) is 8.07. The van der Waals surface area contributed by atoms with E-state index in [1.807, 2.05) is 0 Å². The number of nitrogens with one attached hydrogen (secondary N) is 1. The Morgan fingerprint density at radius 3 is 2.35 bits per heavy atom. The Labute approximate surface area is 108 Å². The second-order valence-electron chi connectivity index (χ2n) is 5.91. The standard InChI is InChI=1S/C15H32N2/c1-5-11-16-14-7-9-15(10-8-14)17(4)12-13(3)6-2/h13-16H,5-12H2,1-4H3. The van der Waals surface area contributed by atoms with E-state index >= 15 is 0 Å². The predicted molar refractivity (Wildman–Crippen MR) is 76.4 cm³/mol. The lowest BCUT2D eigenvalue weighted by Gasteiger charge is -2.36. The highest BCUT2D eigenvalue weighted by atomic mass is 15.1. The first-order valence-electron chi connectivity index (χ1n) is 7.60. The van der Waals surface area contributed by atoms with Crippen LogP contribution in [0, 0.1) is 5.92 Å². The Kier molecular flexibility index (Phi) is 7.14. The van der Waals surface area contributed by atoms with E-state index in [9.17, 15) is 0 Å². The van der Waals surface area contributed by atoms with Gasteiger partial charge in [-0.05, 0) is 51.6 Å². The van der Waals surface area contributed by atoms with Gasteiger partial charge in [-0.1, -0.05) is 27.2 Å². The molecular weight excluding hydrogens is 208 g/mol. The van der Waals surface area contributed by atoms with Crippen molar-refractivity contribution in [3.63, 3.8) is 0 Å². The van der Waals surface area contributed by atoms with Crippen molar-refractivity contribution in [3.8, 4) is 0 Å². The van der Waals surface area contributed by atoms with Crippen molar-refractivity contribution >= 4 is 0 Å². The summed E-state index contributed by atoms with van der Waals surface area (Å²) >= 11 is 0. The third kappa shape index (κ3) is 5.39. The van der Waals surface area contributed by atoms with Crippen LogP contribution in [0.3, 0.4) is 0 Å². The van der Waals surface area contributed by atoms with E-state index in [1.54, 1.807) is 0 Å². The van der Waals surface area contributed by atoms with Crippen LogP contribution in [-0.2, 0) is 0 Å². The average Bonchev–Trinajstić information content (AvgIpc) is 2.36. The van der Waals surface area contributed by atoms with Gasteiger partial charge in [0, 0.05) is 18.6 Å². The van der Waals surface area contributed by atoms with Crippen molar-refractivity contribution < 1.29 is 0 Å². The minimum Gasteiger partial charge on any atom is -0.314 e. The summed E-state index contributed by atoms with van der Waals surface area (Å²) in [4.78, 5) is 2.60. The average molecular weight is 240 g/mol. The van der Waals surface area contributed by atoms with E-state index in [-0.39, 0.29) is 0 Å². The van der Waals surface area contributed by atoms with Crippen LogP contribution in [0.5, 0.6) is 0 Å². The predicted octanol–water partition coefficient (Wildman–Crippen LogP) is 3.28. The zero-order valence-corrected chi connectivity index (χ0v) is 12.3. The molecule has 0 saturated heterocycles. The lowest BCUT2D eigenvalue weighted by molar-refractivity contribution is 0.155. The molecule has 2 heteroatoms. The molecule has 1 unspecified atom stereocenters. The minimum absolute atomic E-state index is 0.795. The van der Waals surface area contributed by atoms with Gasteiger partial charge in [0.1, 0.15) is 0 Å². The van der Waals surface area contributed by atoms with E-state index in [0.717, 1.165) is 18.0 Å². The van der Waals surface area contributed by atoms with Crippen LogP contribution < -0.4 is 5.32 Å². The Balaban J connectivity index is 2.21. The van der Waals surface area contributed by atoms with Gasteiger partial charge in [-0.15, -0.1) is 0 Å². The van der Waals surface area contributed by atoms with E-state index in [4.69, 9.17) is 0 Å². The molecule has 1 rings (SSSR count). The Morgan fingerprint density at radius 1 is 1.18 bits per heavy atom. The van der Waals surface area contributed by atoms with Gasteiger partial charge in [0.25, 0.3) is 0 Å². The van der Waals surface area contributed by atoms with Crippen molar-refractivity contribution in [2.45, 2.75) is 71.4 Å². The van der Waals surface area contributed by atoms with Gasteiger partial charge in [0.2, 0.25) is 0 Å². The summed E-state index contributed by atoms with van der Waals surface area (Å²) in [5.74, 6) is 0.843. The third-order valence-corrected chi connectivity index (χ3v) is 4.30. The normalized spacial score (nSPS) is 27.4. The SMILES string of the molecule is CCCNC1CCC(N(C)CC(C)CC)CC1. The van der Waals surface area contributed by atoms with Gasteiger partial charge in [-0.2, -0.15) is 0 Å². The molecule has 0 aromatic heterocycles. The molecule has 0 spiro atoms. The third-order valence-electron chi connectivity index (χ3n) is 4.30. The number of hydrogen-bond acceptors (Lipinski definition) is 2. The fourth-order valence-electron chi connectivity index (χ4n) is 2.84. The molecule has 0 aliphatic heterocycles. The topological polar surface area (TPSA) is 15.3 Å². The molecule has 1 fully saturated rings. The zero-order valence-electron chi connectivity index (χ0n) is 12.3. The zero-order chi connectivity index (χ0) is 12.7. The fraction of sp³-hybridized carbons (Fsp3) is 1.00. The highest BCUT2D eigenvalue weighted by Crippen LogP contribution is 2.23. The Bertz CT molecular complexity index is 185. The van der Waals surface area contributed by atoms with Gasteiger partial charge < -0.3 is 10.2 Å². The van der Waals surface area contributed by atoms with Crippen LogP contribution >= 0.6 is 0 Å². The summed E-state index contributed by atoms with van der Waals surface area (Å²) in [6.45, 7) is 9.37. The van der Waals surface area contributed by atoms with Crippen molar-refractivity contribution in [1.82, 2.24) is 10.2 Å². The van der Waals surface area contributed by atoms with Crippen molar-refractivity contribution in [3.05, 3.63) is 0 Å². The van der Waals surface area contributed by atoms with Gasteiger partial charge in [0.05, 0.1) is 0 Å². The largest absolute Gasteiger partial charge is 0.314 e. The van der Waals surface area contributed by atoms with Crippen LogP contribution in [0.4, 0.5) is 0 Å². The molecule has 1 atom stereocenters. The quantitative estimate of drug-likeness (QED) is 0.735. The number of hydrogen-bond donors (Lipinski definition) is 1. The van der Waals surface area contributed by atoms with Gasteiger partial charge in [-0.25, -0.2) is 0 Å². The summed E-state index contributed by atoms with van der Waals surface area (Å²) in [5.41, 5.74) is 0. The fourth-order valence-corrected chi connectivity index (χ4v) is 2.84. The lowest BCUT2D eigenvalue weighted by atomic mass is 9.90. The smallest absolute Gasteiger partial charge is 0.00934 e. The molecule has 0 amide bonds. The second-order valence-corrected chi connectivity index (χ2v) is 5.91. The molecule has 0 heterocycles. The summed E-state index contributed by atoms with van der Waals surface area (Å²) in [6, 6.07) is 1.63. The van der Waals surface area contributed by atoms with Gasteiger partial charge in [0.15, 0.2) is 0 Å². The molecule has 2 nitrogen and oxygen atoms in total. The van der Waals surface area contributed by atoms with Crippen LogP contribution in [0.15, 0.2) is 0 Å². The molecule has 1 N–H and O–H groups in total. The molecule has 1 saturated carbocycles. The molecule has 17 heavy (non-hydrogen) atoms. The van der Waals surface area contributed by atoms with Crippen molar-refractivity contribution in [1.29, 1.82) is 0 Å². The highest BCUT2D eigenvalue weighted by Gasteiger charge is 2.23. The van der Waals surface area contributed by atoms with E-state index in [0.29, 0.717) is 0 Å². The molecule has 102 valence electrons. The number of rotatable bonds is 7. The molecule has 1 aliphatic carbocycles. The first kappa shape index (κ1) is 15.0. The first-order chi connectivity index (χ1) is 8.17.